The first-order valence-electron chi connectivity index (χ1n) is 7.54. The summed E-state index contributed by atoms with van der Waals surface area (Å²) in [5.41, 5.74) is 6.93. The average molecular weight is 403 g/mol. The second kappa shape index (κ2) is 9.87. The smallest absolute Gasteiger partial charge is 0.188 e. The first-order valence-corrected chi connectivity index (χ1v) is 7.54. The van der Waals surface area contributed by atoms with Gasteiger partial charge in [-0.15, -0.1) is 24.0 Å². The zero-order chi connectivity index (χ0) is 14.2. The summed E-state index contributed by atoms with van der Waals surface area (Å²) in [6, 6.07) is 8.06. The average Bonchev–Trinajstić information content (AvgIpc) is 3.28. The summed E-state index contributed by atoms with van der Waals surface area (Å²) < 4.78 is 5.86. The quantitative estimate of drug-likeness (QED) is 0.303. The number of guanidine groups is 1. The summed E-state index contributed by atoms with van der Waals surface area (Å²) in [5, 5.41) is 3.12. The molecule has 0 bridgehead atoms. The van der Waals surface area contributed by atoms with Gasteiger partial charge in [0, 0.05) is 12.1 Å². The van der Waals surface area contributed by atoms with E-state index in [2.05, 4.69) is 17.2 Å². The summed E-state index contributed by atoms with van der Waals surface area (Å²) >= 11 is 0. The van der Waals surface area contributed by atoms with Crippen molar-refractivity contribution >= 4 is 29.9 Å². The van der Waals surface area contributed by atoms with Crippen LogP contribution in [0.5, 0.6) is 5.75 Å². The molecule has 0 aromatic heterocycles. The zero-order valence-corrected chi connectivity index (χ0v) is 15.0. The Labute approximate surface area is 144 Å². The summed E-state index contributed by atoms with van der Waals surface area (Å²) in [7, 11) is 0. The monoisotopic (exact) mass is 403 g/mol. The van der Waals surface area contributed by atoms with Crippen molar-refractivity contribution in [3.63, 3.8) is 0 Å². The van der Waals surface area contributed by atoms with E-state index in [1.54, 1.807) is 0 Å². The number of hydrogen-bond acceptors (Lipinski definition) is 2. The van der Waals surface area contributed by atoms with Crippen LogP contribution in [0, 0.1) is 5.92 Å². The number of benzene rings is 1. The number of halogens is 1. The first kappa shape index (κ1) is 18.1. The highest BCUT2D eigenvalue weighted by molar-refractivity contribution is 14.0. The van der Waals surface area contributed by atoms with Crippen LogP contribution in [-0.4, -0.2) is 19.1 Å². The molecule has 3 N–H and O–H groups in total. The molecule has 4 nitrogen and oxygen atoms in total. The molecule has 0 atom stereocenters. The van der Waals surface area contributed by atoms with Gasteiger partial charge in [0.25, 0.3) is 0 Å². The molecule has 0 heterocycles. The number of nitrogens with one attached hydrogen (secondary N) is 1. The molecule has 1 fully saturated rings. The fourth-order valence-electron chi connectivity index (χ4n) is 1.89. The maximum absolute atomic E-state index is 5.86. The van der Waals surface area contributed by atoms with Gasteiger partial charge in [0.2, 0.25) is 0 Å². The normalized spacial score (nSPS) is 14.4. The number of nitrogens with zero attached hydrogens (tertiary/aromatic N) is 1. The Morgan fingerprint density at radius 3 is 2.86 bits per heavy atom. The Bertz CT molecular complexity index is 447. The third-order valence-corrected chi connectivity index (χ3v) is 3.40. The van der Waals surface area contributed by atoms with Gasteiger partial charge < -0.3 is 15.8 Å². The molecular formula is C16H26IN3O. The molecule has 0 saturated heterocycles. The predicted molar refractivity (Wildman–Crippen MR) is 98.3 cm³/mol. The topological polar surface area (TPSA) is 59.6 Å². The van der Waals surface area contributed by atoms with E-state index in [1.165, 1.54) is 12.8 Å². The second-order valence-electron chi connectivity index (χ2n) is 5.34. The van der Waals surface area contributed by atoms with Crippen LogP contribution >= 0.6 is 24.0 Å². The highest BCUT2D eigenvalue weighted by atomic mass is 127. The highest BCUT2D eigenvalue weighted by Crippen LogP contribution is 2.30. The minimum atomic E-state index is 0. The molecule has 1 aromatic rings. The molecule has 0 unspecified atom stereocenters. The molecule has 118 valence electrons. The van der Waals surface area contributed by atoms with Gasteiger partial charge in [-0.25, -0.2) is 4.99 Å². The molecule has 0 amide bonds. The molecule has 1 saturated carbocycles. The van der Waals surface area contributed by atoms with Gasteiger partial charge in [-0.05, 0) is 31.2 Å². The van der Waals surface area contributed by atoms with Gasteiger partial charge in [0.15, 0.2) is 5.96 Å². The van der Waals surface area contributed by atoms with Crippen molar-refractivity contribution in [3.8, 4) is 5.75 Å². The fourth-order valence-corrected chi connectivity index (χ4v) is 1.89. The first-order chi connectivity index (χ1) is 9.79. The van der Waals surface area contributed by atoms with Crippen molar-refractivity contribution in [2.45, 2.75) is 39.2 Å². The van der Waals surface area contributed by atoms with Crippen molar-refractivity contribution in [2.75, 3.05) is 13.2 Å². The third-order valence-electron chi connectivity index (χ3n) is 3.40. The Morgan fingerprint density at radius 1 is 1.38 bits per heavy atom. The molecule has 1 aliphatic carbocycles. The van der Waals surface area contributed by atoms with Gasteiger partial charge in [-0.3, -0.25) is 0 Å². The molecule has 0 spiro atoms. The standard InChI is InChI=1S/C16H25N3O.HI/c1-2-3-10-18-16(17)19-11-14-6-4-5-7-15(14)20-12-13-8-9-13;/h4-7,13H,2-3,8-12H2,1H3,(H3,17,18,19);1H. The van der Waals surface area contributed by atoms with Gasteiger partial charge >= 0.3 is 0 Å². The largest absolute Gasteiger partial charge is 0.493 e. The highest BCUT2D eigenvalue weighted by Gasteiger charge is 2.22. The van der Waals surface area contributed by atoms with E-state index in [0.717, 1.165) is 43.2 Å². The van der Waals surface area contributed by atoms with Crippen LogP contribution in [0.2, 0.25) is 0 Å². The van der Waals surface area contributed by atoms with E-state index >= 15 is 0 Å². The Balaban J connectivity index is 0.00000220. The van der Waals surface area contributed by atoms with Crippen LogP contribution in [-0.2, 0) is 6.54 Å². The third kappa shape index (κ3) is 7.02. The minimum absolute atomic E-state index is 0. The molecule has 5 heteroatoms. The Morgan fingerprint density at radius 2 is 2.14 bits per heavy atom. The SMILES string of the molecule is CCCCNC(N)=NCc1ccccc1OCC1CC1.I. The van der Waals surface area contributed by atoms with Crippen molar-refractivity contribution in [1.29, 1.82) is 0 Å². The van der Waals surface area contributed by atoms with Crippen molar-refractivity contribution in [3.05, 3.63) is 29.8 Å². The van der Waals surface area contributed by atoms with Gasteiger partial charge in [0.1, 0.15) is 5.75 Å². The van der Waals surface area contributed by atoms with Crippen LogP contribution in [0.15, 0.2) is 29.3 Å². The van der Waals surface area contributed by atoms with E-state index in [9.17, 15) is 0 Å². The van der Waals surface area contributed by atoms with Gasteiger partial charge in [-0.1, -0.05) is 31.5 Å². The number of para-hydroxylation sites is 1. The molecule has 1 aliphatic rings. The molecule has 2 rings (SSSR count). The summed E-state index contributed by atoms with van der Waals surface area (Å²) in [5.74, 6) is 2.20. The number of nitrogens with two attached hydrogens (primary N) is 1. The zero-order valence-electron chi connectivity index (χ0n) is 12.7. The number of unbranched alkanes of at least 4 members (excludes halogenated alkanes) is 1. The van der Waals surface area contributed by atoms with E-state index in [0.29, 0.717) is 12.5 Å². The van der Waals surface area contributed by atoms with E-state index in [4.69, 9.17) is 10.5 Å². The second-order valence-corrected chi connectivity index (χ2v) is 5.34. The lowest BCUT2D eigenvalue weighted by atomic mass is 10.2. The maximum Gasteiger partial charge on any atom is 0.188 e. The number of rotatable bonds is 8. The lowest BCUT2D eigenvalue weighted by Crippen LogP contribution is -2.32. The van der Waals surface area contributed by atoms with Crippen molar-refractivity contribution in [1.82, 2.24) is 5.32 Å². The molecule has 0 radical (unpaired) electrons. The summed E-state index contributed by atoms with van der Waals surface area (Å²) in [6.07, 6.45) is 4.86. The van der Waals surface area contributed by atoms with Crippen LogP contribution in [0.25, 0.3) is 0 Å². The Hall–Kier alpha value is -0.980. The molecular weight excluding hydrogens is 377 g/mol. The molecule has 21 heavy (non-hydrogen) atoms. The van der Waals surface area contributed by atoms with Crippen LogP contribution in [0.3, 0.4) is 0 Å². The number of hydrogen-bond donors (Lipinski definition) is 2. The lowest BCUT2D eigenvalue weighted by molar-refractivity contribution is 0.297. The van der Waals surface area contributed by atoms with Crippen molar-refractivity contribution < 1.29 is 4.74 Å². The summed E-state index contributed by atoms with van der Waals surface area (Å²) in [6.45, 7) is 4.42. The predicted octanol–water partition coefficient (Wildman–Crippen LogP) is 3.30. The van der Waals surface area contributed by atoms with Crippen LogP contribution < -0.4 is 15.8 Å². The Kier molecular flexibility index (Phi) is 8.49. The van der Waals surface area contributed by atoms with Crippen molar-refractivity contribution in [2.24, 2.45) is 16.6 Å². The van der Waals surface area contributed by atoms with Crippen LogP contribution in [0.4, 0.5) is 0 Å². The fraction of sp³-hybridized carbons (Fsp3) is 0.562. The van der Waals surface area contributed by atoms with Gasteiger partial charge in [-0.2, -0.15) is 0 Å². The summed E-state index contributed by atoms with van der Waals surface area (Å²) in [4.78, 5) is 4.37. The van der Waals surface area contributed by atoms with E-state index in [1.807, 2.05) is 24.3 Å². The minimum Gasteiger partial charge on any atom is -0.493 e. The number of ether oxygens (including phenoxy) is 1. The van der Waals surface area contributed by atoms with E-state index < -0.39 is 0 Å². The van der Waals surface area contributed by atoms with Crippen LogP contribution in [0.1, 0.15) is 38.2 Å². The maximum atomic E-state index is 5.86. The molecule has 0 aliphatic heterocycles. The number of aliphatic imine (C=N–C) groups is 1. The lowest BCUT2D eigenvalue weighted by Gasteiger charge is -2.10. The van der Waals surface area contributed by atoms with Gasteiger partial charge in [0.05, 0.1) is 13.2 Å². The van der Waals surface area contributed by atoms with E-state index in [-0.39, 0.29) is 24.0 Å². The molecule has 1 aromatic carbocycles.